The van der Waals surface area contributed by atoms with Crippen molar-refractivity contribution in [3.8, 4) is 0 Å². The topological polar surface area (TPSA) is 0 Å². The summed E-state index contributed by atoms with van der Waals surface area (Å²) in [5.41, 5.74) is 13.8. The smallest absolute Gasteiger partial charge is 0.172 e. The molecule has 1 fully saturated rings. The minimum Gasteiger partial charge on any atom is -1.00 e. The maximum absolute atomic E-state index is 5.74. The molecule has 2 unspecified atom stereocenters. The molecule has 0 nitrogen and oxygen atoms in total. The van der Waals surface area contributed by atoms with E-state index in [4.69, 9.17) is 23.2 Å². The zero-order valence-electron chi connectivity index (χ0n) is 29.8. The molecule has 0 N–H and O–H groups in total. The number of fused-ring (bicyclic) bond motifs is 6. The van der Waals surface area contributed by atoms with Crippen LogP contribution in [0.5, 0.6) is 0 Å². The Labute approximate surface area is 328 Å². The van der Waals surface area contributed by atoms with E-state index < -0.39 is 0 Å². The van der Waals surface area contributed by atoms with E-state index in [0.29, 0.717) is 17.7 Å². The molecule has 0 aromatic heterocycles. The molecule has 256 valence electrons. The van der Waals surface area contributed by atoms with E-state index >= 15 is 0 Å². The third-order valence-corrected chi connectivity index (χ3v) is 14.3. The quantitative estimate of drug-likeness (QED) is 0.218. The summed E-state index contributed by atoms with van der Waals surface area (Å²) in [6.07, 6.45) is 8.50. The second kappa shape index (κ2) is 16.0. The van der Waals surface area contributed by atoms with Crippen LogP contribution in [0.1, 0.15) is 96.0 Å². The molecule has 0 amide bonds. The Hall–Kier alpha value is -1.21. The molecular weight excluding hydrogens is 750 g/mol. The standard InChI is InChI=1S/C29H37.C9H8Cl2.C5H5.2ClH.Zr/c1-18-25-22-17-19-13-9-10-14-20(19)24(22)21-15-11-12-16-23(21)29(25,8)28(6,7)27(4,5)26(18,2)3;1-7-2-8(5-10)4-9(3-7)6-11;1-2-4-5-3-1;;;/h9-11,13-15,23H,12,16-17H2,1-8H3;1-4H,5-6H2;1-5H;2*1H;/q-1;;-1;;;+2/p-2. The van der Waals surface area contributed by atoms with Crippen molar-refractivity contribution < 1.29 is 49.0 Å². The van der Waals surface area contributed by atoms with Crippen molar-refractivity contribution in [1.82, 2.24) is 0 Å². The number of allylic oxidation sites excluding steroid dienone is 6. The molecule has 0 aliphatic heterocycles. The monoisotopic (exact) mass is 796 g/mol. The van der Waals surface area contributed by atoms with Crippen molar-refractivity contribution in [1.29, 1.82) is 0 Å². The molecule has 0 spiro atoms. The minimum absolute atomic E-state index is 0. The van der Waals surface area contributed by atoms with Gasteiger partial charge in [-0.15, -0.1) is 6.92 Å². The average Bonchev–Trinajstić information content (AvgIpc) is 3.76. The summed E-state index contributed by atoms with van der Waals surface area (Å²) in [6.45, 7) is 20.3. The first-order chi connectivity index (χ1) is 21.8. The largest absolute Gasteiger partial charge is 1.00 e. The molecule has 4 aliphatic carbocycles. The van der Waals surface area contributed by atoms with Gasteiger partial charge in [-0.2, -0.15) is 29.3 Å². The number of halogens is 4. The molecule has 1 saturated carbocycles. The summed E-state index contributed by atoms with van der Waals surface area (Å²) >= 11 is 12.9. The van der Waals surface area contributed by atoms with E-state index in [9.17, 15) is 0 Å². The van der Waals surface area contributed by atoms with E-state index in [1.807, 2.05) is 36.4 Å². The van der Waals surface area contributed by atoms with Crippen LogP contribution in [0.2, 0.25) is 0 Å². The Morgan fingerprint density at radius 2 is 1.48 bits per heavy atom. The van der Waals surface area contributed by atoms with Gasteiger partial charge >= 0.3 is 97.8 Å². The molecule has 48 heavy (non-hydrogen) atoms. The van der Waals surface area contributed by atoms with Gasteiger partial charge in [0.15, 0.2) is 0 Å². The van der Waals surface area contributed by atoms with Crippen molar-refractivity contribution in [3.63, 3.8) is 0 Å². The van der Waals surface area contributed by atoms with Crippen LogP contribution in [0.25, 0.3) is 5.57 Å². The SMILES string of the molecule is C[C-]1C2=C3Cc4ccccc4C3=C3C=CCCC3C2(C)C(C)(C)C(C)(C)C1(C)C.ClCc1cc([CH]=[Zr+2])cc(CCl)c1.[Cl-].[Cl-].c1cc[cH-]c1. The molecule has 0 bridgehead atoms. The number of hydrogen-bond donors (Lipinski definition) is 0. The molecule has 2 atom stereocenters. The van der Waals surface area contributed by atoms with E-state index in [1.54, 1.807) is 28.2 Å². The van der Waals surface area contributed by atoms with Crippen molar-refractivity contribution >= 4 is 32.5 Å². The minimum atomic E-state index is 0. The fourth-order valence-electron chi connectivity index (χ4n) is 8.92. The molecule has 7 rings (SSSR count). The van der Waals surface area contributed by atoms with Gasteiger partial charge in [0.2, 0.25) is 0 Å². The van der Waals surface area contributed by atoms with Gasteiger partial charge in [-0.1, -0.05) is 113 Å². The van der Waals surface area contributed by atoms with Crippen molar-refractivity contribution in [2.75, 3.05) is 0 Å². The summed E-state index contributed by atoms with van der Waals surface area (Å²) < 4.78 is 2.14. The average molecular weight is 800 g/mol. The maximum Gasteiger partial charge on any atom is -0.172 e. The number of rotatable bonds is 3. The van der Waals surface area contributed by atoms with Crippen molar-refractivity contribution in [2.45, 2.75) is 86.4 Å². The van der Waals surface area contributed by atoms with Crippen LogP contribution in [-0.2, 0) is 42.4 Å². The first-order valence-electron chi connectivity index (χ1n) is 16.8. The van der Waals surface area contributed by atoms with E-state index in [1.165, 1.54) is 53.8 Å². The Kier molecular flexibility index (Phi) is 13.7. The zero-order valence-corrected chi connectivity index (χ0v) is 35.3. The van der Waals surface area contributed by atoms with Gasteiger partial charge in [0.05, 0.1) is 0 Å². The summed E-state index contributed by atoms with van der Waals surface area (Å²) in [6, 6.07) is 25.4. The zero-order chi connectivity index (χ0) is 33.5. The van der Waals surface area contributed by atoms with Gasteiger partial charge in [0, 0.05) is 0 Å². The summed E-state index contributed by atoms with van der Waals surface area (Å²) in [4.78, 5) is 0. The van der Waals surface area contributed by atoms with E-state index in [0.717, 1.165) is 17.5 Å². The second-order valence-corrected chi connectivity index (χ2v) is 16.5. The third-order valence-electron chi connectivity index (χ3n) is 12.9. The molecule has 3 aromatic rings. The van der Waals surface area contributed by atoms with E-state index in [2.05, 4.69) is 108 Å². The van der Waals surface area contributed by atoms with Gasteiger partial charge in [0.25, 0.3) is 0 Å². The Bertz CT molecular complexity index is 1630. The van der Waals surface area contributed by atoms with Crippen LogP contribution >= 0.6 is 23.2 Å². The van der Waals surface area contributed by atoms with Gasteiger partial charge in [-0.25, -0.2) is 18.1 Å². The van der Waals surface area contributed by atoms with Crippen LogP contribution < -0.4 is 24.8 Å². The van der Waals surface area contributed by atoms with Gasteiger partial charge < -0.3 is 24.8 Å². The maximum atomic E-state index is 5.74. The molecule has 4 aliphatic rings. The Balaban J connectivity index is 0.000000273. The number of alkyl halides is 2. The fourth-order valence-corrected chi connectivity index (χ4v) is 9.64. The van der Waals surface area contributed by atoms with Crippen LogP contribution in [0.15, 0.2) is 102 Å². The van der Waals surface area contributed by atoms with Crippen LogP contribution in [0.3, 0.4) is 0 Å². The second-order valence-electron chi connectivity index (χ2n) is 15.2. The predicted molar refractivity (Wildman–Crippen MR) is 197 cm³/mol. The summed E-state index contributed by atoms with van der Waals surface area (Å²) in [5.74, 6) is 3.36. The Morgan fingerprint density at radius 1 is 0.875 bits per heavy atom. The molecule has 5 heteroatoms. The Morgan fingerprint density at radius 3 is 2.02 bits per heavy atom. The normalized spacial score (nSPS) is 23.4. The first-order valence-corrected chi connectivity index (χ1v) is 19.3. The van der Waals surface area contributed by atoms with Crippen molar-refractivity contribution in [2.24, 2.45) is 27.6 Å². The number of hydrogen-bond acceptors (Lipinski definition) is 0. The van der Waals surface area contributed by atoms with Crippen LogP contribution in [0.4, 0.5) is 0 Å². The molecule has 0 radical (unpaired) electrons. The fraction of sp³-hybridized carbons (Fsp3) is 0.419. The number of benzene rings is 2. The van der Waals surface area contributed by atoms with Crippen molar-refractivity contribution in [3.05, 3.63) is 135 Å². The van der Waals surface area contributed by atoms with Gasteiger partial charge in [0.1, 0.15) is 0 Å². The summed E-state index contributed by atoms with van der Waals surface area (Å²) in [5, 5.41) is 0. The first kappa shape index (κ1) is 41.2. The van der Waals surface area contributed by atoms with Gasteiger partial charge in [-0.3, -0.25) is 0 Å². The summed E-state index contributed by atoms with van der Waals surface area (Å²) in [7, 11) is 0. The predicted octanol–water partition coefficient (Wildman–Crippen LogP) is 6.24. The molecule has 3 aromatic carbocycles. The molecular formula is C43H50Cl4Zr-2. The molecule has 0 saturated heterocycles. The van der Waals surface area contributed by atoms with E-state index in [-0.39, 0.29) is 46.5 Å². The van der Waals surface area contributed by atoms with Crippen LogP contribution in [-0.4, -0.2) is 3.71 Å². The van der Waals surface area contributed by atoms with Crippen LogP contribution in [0, 0.1) is 33.5 Å². The molecule has 0 heterocycles. The van der Waals surface area contributed by atoms with Gasteiger partial charge in [-0.05, 0) is 40.6 Å². The third kappa shape index (κ3) is 6.75.